The second kappa shape index (κ2) is 17.8. The van der Waals surface area contributed by atoms with E-state index in [0.29, 0.717) is 38.6 Å². The summed E-state index contributed by atoms with van der Waals surface area (Å²) >= 11 is 0. The molecule has 3 rings (SSSR count). The molecule has 2 aliphatic carbocycles. The Morgan fingerprint density at radius 1 is 0.961 bits per heavy atom. The predicted molar refractivity (Wildman–Crippen MR) is 199 cm³/mol. The molecule has 5 amide bonds. The summed E-state index contributed by atoms with van der Waals surface area (Å²) in [6.07, 6.45) is 8.71. The number of aldehydes is 1. The molecule has 0 spiro atoms. The van der Waals surface area contributed by atoms with E-state index in [9.17, 15) is 33.0 Å². The molecule has 0 aromatic rings. The average molecular weight is 736 g/mol. The number of unbranched alkanes of at least 4 members (excludes halogenated alkanes) is 1. The summed E-state index contributed by atoms with van der Waals surface area (Å²) in [5, 5.41) is 10.9. The van der Waals surface area contributed by atoms with Gasteiger partial charge in [0.2, 0.25) is 17.6 Å². The summed E-state index contributed by atoms with van der Waals surface area (Å²) in [5.74, 6) is -2.07. The van der Waals surface area contributed by atoms with Crippen molar-refractivity contribution >= 4 is 46.6 Å². The van der Waals surface area contributed by atoms with Gasteiger partial charge in [0.05, 0.1) is 11.3 Å². The Kier molecular flexibility index (Phi) is 14.9. The van der Waals surface area contributed by atoms with E-state index >= 15 is 0 Å². The molecule has 2 saturated carbocycles. The lowest BCUT2D eigenvalue weighted by Crippen LogP contribution is -2.62. The van der Waals surface area contributed by atoms with Crippen LogP contribution in [0.3, 0.4) is 0 Å². The lowest BCUT2D eigenvalue weighted by atomic mass is 9.78. The molecule has 0 radical (unpaired) electrons. The fourth-order valence-electron chi connectivity index (χ4n) is 7.28. The Balaban J connectivity index is 1.84. The van der Waals surface area contributed by atoms with Gasteiger partial charge in [-0.3, -0.25) is 23.4 Å². The number of hydrogen-bond acceptors (Lipinski definition) is 7. The van der Waals surface area contributed by atoms with Gasteiger partial charge >= 0.3 is 6.03 Å². The second-order valence-corrected chi connectivity index (χ2v) is 20.0. The molecule has 3 aliphatic rings. The van der Waals surface area contributed by atoms with Crippen LogP contribution in [0.25, 0.3) is 0 Å². The molecule has 3 fully saturated rings. The minimum atomic E-state index is -1.46. The van der Waals surface area contributed by atoms with E-state index in [0.717, 1.165) is 44.8 Å². The maximum absolute atomic E-state index is 14.5. The minimum absolute atomic E-state index is 0.00431. The number of urea groups is 1. The van der Waals surface area contributed by atoms with Crippen LogP contribution in [0.1, 0.15) is 139 Å². The molecule has 0 aromatic heterocycles. The highest BCUT2D eigenvalue weighted by Gasteiger charge is 2.47. The number of amides is 5. The quantitative estimate of drug-likeness (QED) is 0.135. The number of nitrogens with one attached hydrogen (secondary N) is 4. The number of nitrogens with zero attached hydrogens (tertiary/aromatic N) is 1. The van der Waals surface area contributed by atoms with Crippen LogP contribution in [-0.2, 0) is 34.8 Å². The number of rotatable bonds is 16. The smallest absolute Gasteiger partial charge is 0.315 e. The van der Waals surface area contributed by atoms with Gasteiger partial charge < -0.3 is 31.0 Å². The number of likely N-dealkylation sites (tertiary alicyclic amines) is 1. The van der Waals surface area contributed by atoms with Crippen molar-refractivity contribution in [2.75, 3.05) is 6.54 Å². The number of carbonyl (C=O) groups is 6. The van der Waals surface area contributed by atoms with Crippen LogP contribution in [0.2, 0.25) is 0 Å². The van der Waals surface area contributed by atoms with Crippen LogP contribution in [0.15, 0.2) is 0 Å². The molecule has 6 atom stereocenters. The first kappa shape index (κ1) is 42.6. The van der Waals surface area contributed by atoms with Crippen molar-refractivity contribution in [3.05, 3.63) is 0 Å². The first-order valence-corrected chi connectivity index (χ1v) is 20.3. The summed E-state index contributed by atoms with van der Waals surface area (Å²) in [5.41, 5.74) is -1.50. The van der Waals surface area contributed by atoms with Crippen LogP contribution in [0.4, 0.5) is 4.79 Å². The molecular weight excluding hydrogens is 671 g/mol. The maximum atomic E-state index is 14.5. The molecule has 0 aromatic carbocycles. The zero-order valence-corrected chi connectivity index (χ0v) is 33.3. The van der Waals surface area contributed by atoms with E-state index in [1.807, 2.05) is 62.3 Å². The number of carbonyl (C=O) groups excluding carboxylic acids is 6. The van der Waals surface area contributed by atoms with E-state index < -0.39 is 79.4 Å². The summed E-state index contributed by atoms with van der Waals surface area (Å²) in [6.45, 7) is 17.4. The van der Waals surface area contributed by atoms with Gasteiger partial charge in [0.25, 0.3) is 5.91 Å². The fraction of sp³-hybridized carbons (Fsp3) is 0.842. The van der Waals surface area contributed by atoms with E-state index in [1.165, 1.54) is 4.90 Å². The molecule has 12 nitrogen and oxygen atoms in total. The molecule has 13 heteroatoms. The first-order valence-electron chi connectivity index (χ1n) is 19.1. The van der Waals surface area contributed by atoms with Gasteiger partial charge in [0.15, 0.2) is 0 Å². The Bertz CT molecular complexity index is 1300. The van der Waals surface area contributed by atoms with Crippen molar-refractivity contribution in [2.24, 2.45) is 17.3 Å². The minimum Gasteiger partial charge on any atom is -0.347 e. The third-order valence-corrected chi connectivity index (χ3v) is 12.7. The Morgan fingerprint density at radius 3 is 2.10 bits per heavy atom. The van der Waals surface area contributed by atoms with Crippen molar-refractivity contribution in [2.45, 2.75) is 179 Å². The molecule has 290 valence electrons. The molecule has 2 unspecified atom stereocenters. The SMILES string of the molecule is CCCC[C@H](NC(=O)[C@@H]1C[C@@H](C(C)C)CN1C(=O)[C@@H](NC(=O)NC1(CC(C=O)S(=O)C(C)(C)C)CCCCC1)C(C)(C)C)C(=O)C(=O)NC1CC1. The largest absolute Gasteiger partial charge is 0.347 e. The topological polar surface area (TPSA) is 171 Å². The van der Waals surface area contributed by atoms with Crippen molar-refractivity contribution in [3.63, 3.8) is 0 Å². The van der Waals surface area contributed by atoms with Crippen LogP contribution in [0, 0.1) is 17.3 Å². The zero-order chi connectivity index (χ0) is 38.3. The summed E-state index contributed by atoms with van der Waals surface area (Å²) in [4.78, 5) is 82.0. The summed E-state index contributed by atoms with van der Waals surface area (Å²) in [7, 11) is -1.46. The van der Waals surface area contributed by atoms with E-state index in [2.05, 4.69) is 21.3 Å². The van der Waals surface area contributed by atoms with Gasteiger partial charge in [-0.1, -0.05) is 73.6 Å². The fourth-order valence-corrected chi connectivity index (χ4v) is 8.76. The molecular formula is C38H65N5O7S. The van der Waals surface area contributed by atoms with E-state index in [4.69, 9.17) is 0 Å². The van der Waals surface area contributed by atoms with E-state index in [-0.39, 0.29) is 24.3 Å². The Hall–Kier alpha value is -2.83. The number of Topliss-reactive ketones (excluding diaryl/α,β-unsaturated/α-hetero) is 1. The van der Waals surface area contributed by atoms with Crippen molar-refractivity contribution in [1.82, 2.24) is 26.2 Å². The van der Waals surface area contributed by atoms with Crippen LogP contribution >= 0.6 is 0 Å². The van der Waals surface area contributed by atoms with Gasteiger partial charge in [-0.15, -0.1) is 0 Å². The monoisotopic (exact) mass is 735 g/mol. The van der Waals surface area contributed by atoms with Gasteiger partial charge in [-0.2, -0.15) is 0 Å². The molecule has 4 N–H and O–H groups in total. The molecule has 51 heavy (non-hydrogen) atoms. The third-order valence-electron chi connectivity index (χ3n) is 10.7. The molecule has 1 aliphatic heterocycles. The van der Waals surface area contributed by atoms with Gasteiger partial charge in [-0.05, 0) is 83.0 Å². The maximum Gasteiger partial charge on any atom is 0.315 e. The van der Waals surface area contributed by atoms with Crippen LogP contribution < -0.4 is 21.3 Å². The van der Waals surface area contributed by atoms with Crippen molar-refractivity contribution in [3.8, 4) is 0 Å². The standard InChI is InChI=1S/C38H65N5O7S/c1-10-11-15-28(30(45)33(47)39-26-16-17-26)40-32(46)29-20-25(24(2)3)22-43(29)34(48)31(36(4,5)6)41-35(49)42-38(18-13-12-14-19-38)21-27(23-44)51(50)37(7,8)9/h23-29,31H,10-22H2,1-9H3,(H,39,47)(H,40,46)(H2,41,42,49)/t25-,27?,28+,29+,31-,51?/m1/s1. The van der Waals surface area contributed by atoms with E-state index in [1.54, 1.807) is 0 Å². The Labute approximate surface area is 308 Å². The average Bonchev–Trinajstić information content (AvgIpc) is 3.75. The van der Waals surface area contributed by atoms with Gasteiger partial charge in [0.1, 0.15) is 18.4 Å². The highest BCUT2D eigenvalue weighted by Crippen LogP contribution is 2.35. The predicted octanol–water partition coefficient (Wildman–Crippen LogP) is 4.30. The van der Waals surface area contributed by atoms with Crippen molar-refractivity contribution < 1.29 is 33.0 Å². The lowest BCUT2D eigenvalue weighted by molar-refractivity contribution is -0.144. The molecule has 0 bridgehead atoms. The van der Waals surface area contributed by atoms with Crippen LogP contribution in [0.5, 0.6) is 0 Å². The third kappa shape index (κ3) is 11.8. The van der Waals surface area contributed by atoms with Crippen molar-refractivity contribution in [1.29, 1.82) is 0 Å². The summed E-state index contributed by atoms with van der Waals surface area (Å²) < 4.78 is 12.7. The van der Waals surface area contributed by atoms with Gasteiger partial charge in [-0.25, -0.2) is 4.79 Å². The second-order valence-electron chi connectivity index (χ2n) is 17.6. The van der Waals surface area contributed by atoms with Gasteiger partial charge in [0, 0.05) is 33.7 Å². The molecule has 1 saturated heterocycles. The summed E-state index contributed by atoms with van der Waals surface area (Å²) in [6, 6.07) is -3.43. The highest BCUT2D eigenvalue weighted by atomic mass is 32.2. The first-order chi connectivity index (χ1) is 23.7. The van der Waals surface area contributed by atoms with Crippen LogP contribution in [-0.4, -0.2) is 91.2 Å². The molecule has 1 heterocycles. The normalized spacial score (nSPS) is 23.1. The highest BCUT2D eigenvalue weighted by molar-refractivity contribution is 7.87. The Morgan fingerprint density at radius 2 is 1.59 bits per heavy atom. The number of ketones is 1. The number of hydrogen-bond donors (Lipinski definition) is 4. The zero-order valence-electron chi connectivity index (χ0n) is 32.5. The lowest BCUT2D eigenvalue weighted by Gasteiger charge is -2.41.